The van der Waals surface area contributed by atoms with Gasteiger partial charge >= 0.3 is 0 Å². The van der Waals surface area contributed by atoms with Crippen molar-refractivity contribution in [2.24, 2.45) is 5.84 Å². The molecule has 0 heterocycles. The highest BCUT2D eigenvalue weighted by Crippen LogP contribution is 2.34. The normalized spacial score (nSPS) is 12.2. The average molecular weight is 295 g/mol. The Bertz CT molecular complexity index is 619. The molecule has 0 aliphatic carbocycles. The number of ether oxygens (including phenoxy) is 1. The van der Waals surface area contributed by atoms with Crippen molar-refractivity contribution < 1.29 is 9.13 Å². The highest BCUT2D eigenvalue weighted by molar-refractivity contribution is 6.32. The molecule has 0 radical (unpaired) electrons. The minimum absolute atomic E-state index is 0.357. The van der Waals surface area contributed by atoms with Crippen LogP contribution in [0.15, 0.2) is 36.4 Å². The van der Waals surface area contributed by atoms with Crippen LogP contribution in [0.2, 0.25) is 5.02 Å². The minimum Gasteiger partial charge on any atom is -0.496 e. The fourth-order valence-corrected chi connectivity index (χ4v) is 2.41. The maximum atomic E-state index is 13.5. The Morgan fingerprint density at radius 3 is 2.65 bits per heavy atom. The summed E-state index contributed by atoms with van der Waals surface area (Å²) in [7, 11) is 1.53. The number of halogens is 2. The summed E-state index contributed by atoms with van der Waals surface area (Å²) in [5, 5.41) is 0.599. The standard InChI is InChI=1S/C15H16ClFN2O/c1-9-4-3-5-11(14(9)16)15(19-18)12-8-10(17)6-7-13(12)20-2/h3-8,15,19H,18H2,1-2H3. The summed E-state index contributed by atoms with van der Waals surface area (Å²) < 4.78 is 18.8. The Balaban J connectivity index is 2.58. The van der Waals surface area contributed by atoms with E-state index >= 15 is 0 Å². The van der Waals surface area contributed by atoms with Crippen LogP contribution >= 0.6 is 11.6 Å². The van der Waals surface area contributed by atoms with Gasteiger partial charge in [-0.25, -0.2) is 9.82 Å². The molecule has 0 aliphatic rings. The number of rotatable bonds is 4. The van der Waals surface area contributed by atoms with E-state index in [-0.39, 0.29) is 5.82 Å². The van der Waals surface area contributed by atoms with Crippen molar-refractivity contribution in [1.82, 2.24) is 5.43 Å². The van der Waals surface area contributed by atoms with Crippen LogP contribution in [0.3, 0.4) is 0 Å². The topological polar surface area (TPSA) is 47.3 Å². The molecule has 3 nitrogen and oxygen atoms in total. The highest BCUT2D eigenvalue weighted by atomic mass is 35.5. The van der Waals surface area contributed by atoms with Crippen LogP contribution in [0.25, 0.3) is 0 Å². The SMILES string of the molecule is COc1ccc(F)cc1C(NN)c1cccc(C)c1Cl. The molecule has 5 heteroatoms. The van der Waals surface area contributed by atoms with Gasteiger partial charge in [0.2, 0.25) is 0 Å². The molecule has 2 aromatic carbocycles. The zero-order valence-corrected chi connectivity index (χ0v) is 12.0. The first-order valence-electron chi connectivity index (χ1n) is 6.13. The molecule has 1 unspecified atom stereocenters. The van der Waals surface area contributed by atoms with Gasteiger partial charge in [0.25, 0.3) is 0 Å². The van der Waals surface area contributed by atoms with Crippen molar-refractivity contribution in [1.29, 1.82) is 0 Å². The van der Waals surface area contributed by atoms with Gasteiger partial charge in [-0.15, -0.1) is 0 Å². The summed E-state index contributed by atoms with van der Waals surface area (Å²) in [6, 6.07) is 9.49. The van der Waals surface area contributed by atoms with E-state index in [9.17, 15) is 4.39 Å². The number of benzene rings is 2. The number of aryl methyl sites for hydroxylation is 1. The number of nitrogens with two attached hydrogens (primary N) is 1. The molecule has 0 aromatic heterocycles. The van der Waals surface area contributed by atoms with Crippen molar-refractivity contribution in [2.75, 3.05) is 7.11 Å². The van der Waals surface area contributed by atoms with Crippen molar-refractivity contribution in [2.45, 2.75) is 13.0 Å². The van der Waals surface area contributed by atoms with Crippen molar-refractivity contribution in [3.63, 3.8) is 0 Å². The lowest BCUT2D eigenvalue weighted by Gasteiger charge is -2.21. The molecule has 2 aromatic rings. The Morgan fingerprint density at radius 1 is 1.25 bits per heavy atom. The average Bonchev–Trinajstić information content (AvgIpc) is 2.44. The van der Waals surface area contributed by atoms with Crippen LogP contribution in [0.5, 0.6) is 5.75 Å². The molecule has 0 bridgehead atoms. The molecule has 3 N–H and O–H groups in total. The van der Waals surface area contributed by atoms with Gasteiger partial charge in [-0.1, -0.05) is 29.8 Å². The van der Waals surface area contributed by atoms with Gasteiger partial charge in [-0.3, -0.25) is 5.84 Å². The first-order valence-corrected chi connectivity index (χ1v) is 6.51. The Kier molecular flexibility index (Phi) is 4.60. The van der Waals surface area contributed by atoms with Crippen molar-refractivity contribution in [3.8, 4) is 5.75 Å². The summed E-state index contributed by atoms with van der Waals surface area (Å²) in [5.74, 6) is 5.83. The summed E-state index contributed by atoms with van der Waals surface area (Å²) >= 11 is 6.32. The Hall–Kier alpha value is -1.62. The summed E-state index contributed by atoms with van der Waals surface area (Å²) in [4.78, 5) is 0. The smallest absolute Gasteiger partial charge is 0.124 e. The van der Waals surface area contributed by atoms with Gasteiger partial charge in [0.15, 0.2) is 0 Å². The number of nitrogens with one attached hydrogen (secondary N) is 1. The quantitative estimate of drug-likeness (QED) is 0.671. The second-order valence-corrected chi connectivity index (χ2v) is 4.84. The molecule has 106 valence electrons. The third-order valence-electron chi connectivity index (χ3n) is 3.20. The molecule has 0 saturated carbocycles. The maximum Gasteiger partial charge on any atom is 0.124 e. The molecule has 20 heavy (non-hydrogen) atoms. The van der Waals surface area contributed by atoms with Gasteiger partial charge < -0.3 is 4.74 Å². The fraction of sp³-hybridized carbons (Fsp3) is 0.200. The second kappa shape index (κ2) is 6.22. The Labute approximate surface area is 122 Å². The summed E-state index contributed by atoms with van der Waals surface area (Å²) in [5.41, 5.74) is 4.98. The van der Waals surface area contributed by atoms with Crippen molar-refractivity contribution in [3.05, 3.63) is 63.9 Å². The van der Waals surface area contributed by atoms with Crippen molar-refractivity contribution >= 4 is 11.6 Å². The maximum absolute atomic E-state index is 13.5. The molecule has 0 amide bonds. The number of hydrogen-bond donors (Lipinski definition) is 2. The molecule has 1 atom stereocenters. The predicted molar refractivity (Wildman–Crippen MR) is 78.3 cm³/mol. The van der Waals surface area contributed by atoms with E-state index in [4.69, 9.17) is 22.2 Å². The predicted octanol–water partition coefficient (Wildman–Crippen LogP) is 3.35. The lowest BCUT2D eigenvalue weighted by Crippen LogP contribution is -2.29. The van der Waals surface area contributed by atoms with Crippen LogP contribution in [-0.2, 0) is 0 Å². The van der Waals surface area contributed by atoms with E-state index in [2.05, 4.69) is 5.43 Å². The lowest BCUT2D eigenvalue weighted by atomic mass is 9.97. The first-order chi connectivity index (χ1) is 9.58. The third kappa shape index (κ3) is 2.77. The van der Waals surface area contributed by atoms with Crippen LogP contribution in [0.4, 0.5) is 4.39 Å². The summed E-state index contributed by atoms with van der Waals surface area (Å²) in [6.45, 7) is 1.90. The molecular weight excluding hydrogens is 279 g/mol. The van der Waals surface area contributed by atoms with E-state index in [0.717, 1.165) is 11.1 Å². The van der Waals surface area contributed by atoms with Crippen LogP contribution in [0.1, 0.15) is 22.7 Å². The zero-order valence-electron chi connectivity index (χ0n) is 11.3. The molecule has 0 saturated heterocycles. The molecule has 2 rings (SSSR count). The molecule has 0 fully saturated rings. The number of hydrazine groups is 1. The second-order valence-electron chi connectivity index (χ2n) is 4.46. The number of methoxy groups -OCH3 is 1. The van der Waals surface area contributed by atoms with E-state index in [0.29, 0.717) is 16.3 Å². The van der Waals surface area contributed by atoms with E-state index < -0.39 is 6.04 Å². The third-order valence-corrected chi connectivity index (χ3v) is 3.72. The van der Waals surface area contributed by atoms with Gasteiger partial charge in [0.05, 0.1) is 13.2 Å². The number of hydrogen-bond acceptors (Lipinski definition) is 3. The minimum atomic E-state index is -0.451. The molecule has 0 spiro atoms. The van der Waals surface area contributed by atoms with Gasteiger partial charge in [0.1, 0.15) is 11.6 Å². The fourth-order valence-electron chi connectivity index (χ4n) is 2.17. The largest absolute Gasteiger partial charge is 0.496 e. The molecular formula is C15H16ClFN2O. The Morgan fingerprint density at radius 2 is 2.00 bits per heavy atom. The highest BCUT2D eigenvalue weighted by Gasteiger charge is 2.20. The van der Waals surface area contributed by atoms with Crippen LogP contribution in [0, 0.1) is 12.7 Å². The summed E-state index contributed by atoms with van der Waals surface area (Å²) in [6.07, 6.45) is 0. The van der Waals surface area contributed by atoms with E-state index in [1.54, 1.807) is 6.07 Å². The van der Waals surface area contributed by atoms with E-state index in [1.807, 2.05) is 25.1 Å². The van der Waals surface area contributed by atoms with Gasteiger partial charge in [-0.2, -0.15) is 0 Å². The lowest BCUT2D eigenvalue weighted by molar-refractivity contribution is 0.402. The van der Waals surface area contributed by atoms with Crippen LogP contribution in [-0.4, -0.2) is 7.11 Å². The van der Waals surface area contributed by atoms with E-state index in [1.165, 1.54) is 19.2 Å². The zero-order chi connectivity index (χ0) is 14.7. The van der Waals surface area contributed by atoms with Gasteiger partial charge in [-0.05, 0) is 36.2 Å². The first kappa shape index (κ1) is 14.8. The molecule has 0 aliphatic heterocycles. The van der Waals surface area contributed by atoms with Crippen LogP contribution < -0.4 is 16.0 Å². The van der Waals surface area contributed by atoms with Gasteiger partial charge in [0, 0.05) is 10.6 Å². The monoisotopic (exact) mass is 294 g/mol.